The van der Waals surface area contributed by atoms with Gasteiger partial charge < -0.3 is 52.7 Å². The number of primary amides is 1. The van der Waals surface area contributed by atoms with Gasteiger partial charge in [0, 0.05) is 52.5 Å². The number of nitrogens with two attached hydrogens (primary N) is 1. The molecule has 7 amide bonds. The van der Waals surface area contributed by atoms with E-state index in [0.717, 1.165) is 91.9 Å². The van der Waals surface area contributed by atoms with Crippen LogP contribution in [0.3, 0.4) is 0 Å². The zero-order valence-corrected chi connectivity index (χ0v) is 53.1. The predicted molar refractivity (Wildman–Crippen MR) is 342 cm³/mol. The first kappa shape index (κ1) is 66.6. The van der Waals surface area contributed by atoms with E-state index in [1.165, 1.54) is 0 Å². The molecule has 6 aromatic rings. The number of nitrogens with one attached hydrogen (secondary N) is 3. The molecule has 3 fully saturated rings. The average molecular weight is 1340 g/mol. The molecule has 3 aliphatic heterocycles. The Morgan fingerprint density at radius 1 is 0.488 bits per heavy atom. The number of halogens is 3. The number of carbonyl (C=O) groups is 5. The number of aliphatic hydroxyl groups is 1. The smallest absolute Gasteiger partial charge is 0.318 e. The van der Waals surface area contributed by atoms with Gasteiger partial charge >= 0.3 is 24.1 Å². The zero-order valence-electron chi connectivity index (χ0n) is 48.3. The third-order valence-corrected chi connectivity index (χ3v) is 18.2. The van der Waals surface area contributed by atoms with E-state index in [1.54, 1.807) is 0 Å². The van der Waals surface area contributed by atoms with Crippen molar-refractivity contribution in [1.29, 1.82) is 0 Å². The van der Waals surface area contributed by atoms with Crippen molar-refractivity contribution in [2.45, 2.75) is 133 Å². The molecule has 9 rings (SSSR count). The van der Waals surface area contributed by atoms with Gasteiger partial charge in [-0.1, -0.05) is 175 Å². The van der Waals surface area contributed by atoms with Gasteiger partial charge in [0.15, 0.2) is 0 Å². The summed E-state index contributed by atoms with van der Waals surface area (Å²) in [6.07, 6.45) is 7.41. The molecule has 0 radical (unpaired) electrons. The van der Waals surface area contributed by atoms with Crippen LogP contribution in [0, 0.1) is 0 Å². The number of hydrogen-bond donors (Lipinski definition) is 7. The fourth-order valence-corrected chi connectivity index (χ4v) is 12.6. The minimum atomic E-state index is -0.853. The van der Waals surface area contributed by atoms with Crippen LogP contribution in [-0.4, -0.2) is 81.1 Å². The van der Waals surface area contributed by atoms with Crippen molar-refractivity contribution in [3.8, 4) is 0 Å². The number of carboxylic acid groups (broad SMARTS) is 1. The Labute approximate surface area is 520 Å². The quantitative estimate of drug-likeness (QED) is 0.0436. The van der Waals surface area contributed by atoms with Crippen LogP contribution in [0.5, 0.6) is 0 Å². The van der Waals surface area contributed by atoms with E-state index < -0.39 is 22.6 Å². The number of amides is 7. The van der Waals surface area contributed by atoms with Gasteiger partial charge in [-0.25, -0.2) is 14.4 Å². The monoisotopic (exact) mass is 1330 g/mol. The molecule has 6 aromatic carbocycles. The van der Waals surface area contributed by atoms with Crippen LogP contribution in [-0.2, 0) is 26.2 Å². The third-order valence-electron chi connectivity index (χ3n) is 16.6. The first-order valence-corrected chi connectivity index (χ1v) is 31.1. The fourth-order valence-electron chi connectivity index (χ4n) is 11.8. The highest BCUT2D eigenvalue weighted by Crippen LogP contribution is 2.39. The SMILES string of the molecule is C[C@@H](c1ccc(Br)cc1)N1CCC[C@](CCC(=O)O)(c2ccccc2)NC1=O.C[C@@H](c1ccc(Br)cc1)N1CCC[C@](CCC(N)=O)(c2ccccc2)NC1=O.C[C@@H](c1ccc(Br)cc1)N1CCC[C@](CCCO)(c2ccccc2)NC1=O.N. The van der Waals surface area contributed by atoms with E-state index in [-0.39, 0.29) is 67.7 Å². The Hall–Kier alpha value is -6.57. The van der Waals surface area contributed by atoms with E-state index >= 15 is 0 Å². The molecule has 3 saturated heterocycles. The molecule has 18 heteroatoms. The molecule has 0 spiro atoms. The van der Waals surface area contributed by atoms with Crippen LogP contribution in [0.15, 0.2) is 177 Å². The second-order valence-corrected chi connectivity index (χ2v) is 24.6. The highest BCUT2D eigenvalue weighted by atomic mass is 79.9. The summed E-state index contributed by atoms with van der Waals surface area (Å²) in [5.74, 6) is -1.21. The van der Waals surface area contributed by atoms with E-state index in [0.29, 0.717) is 38.8 Å². The molecule has 84 heavy (non-hydrogen) atoms. The van der Waals surface area contributed by atoms with Crippen molar-refractivity contribution < 1.29 is 34.2 Å². The molecular weight excluding hydrogens is 1260 g/mol. The number of nitrogens with zero attached hydrogens (tertiary/aromatic N) is 3. The maximum absolute atomic E-state index is 13.2. The largest absolute Gasteiger partial charge is 0.481 e. The number of hydrogen-bond acceptors (Lipinski definition) is 7. The molecule has 0 aliphatic carbocycles. The van der Waals surface area contributed by atoms with Crippen molar-refractivity contribution in [3.63, 3.8) is 0 Å². The maximum Gasteiger partial charge on any atom is 0.318 e. The van der Waals surface area contributed by atoms with Crippen LogP contribution in [0.1, 0.15) is 149 Å². The van der Waals surface area contributed by atoms with Gasteiger partial charge in [-0.2, -0.15) is 0 Å². The minimum absolute atomic E-state index is 0. The van der Waals surface area contributed by atoms with Gasteiger partial charge in [0.1, 0.15) is 0 Å². The van der Waals surface area contributed by atoms with Crippen LogP contribution < -0.4 is 27.8 Å². The topological polar surface area (TPSA) is 233 Å². The lowest BCUT2D eigenvalue weighted by Gasteiger charge is -2.35. The second-order valence-electron chi connectivity index (χ2n) is 21.9. The van der Waals surface area contributed by atoms with Crippen molar-refractivity contribution >= 4 is 77.8 Å². The molecule has 10 N–H and O–H groups in total. The molecule has 0 unspecified atom stereocenters. The number of aliphatic carboxylic acids is 1. The average Bonchev–Trinajstić information content (AvgIpc) is 3.54. The van der Waals surface area contributed by atoms with Crippen LogP contribution in [0.2, 0.25) is 0 Å². The Balaban J connectivity index is 0.000000201. The van der Waals surface area contributed by atoms with Crippen LogP contribution in [0.4, 0.5) is 14.4 Å². The lowest BCUT2D eigenvalue weighted by molar-refractivity contribution is -0.137. The molecular formula is C66H81Br3N8O7. The highest BCUT2D eigenvalue weighted by Gasteiger charge is 2.42. The number of benzene rings is 6. The summed E-state index contributed by atoms with van der Waals surface area (Å²) in [6, 6.07) is 53.5. The predicted octanol–water partition coefficient (Wildman–Crippen LogP) is 14.7. The number of aliphatic hydroxyl groups excluding tert-OH is 1. The minimum Gasteiger partial charge on any atom is -0.481 e. The van der Waals surface area contributed by atoms with Gasteiger partial charge in [-0.05, 0) is 155 Å². The summed E-state index contributed by atoms with van der Waals surface area (Å²) in [5, 5.41) is 28.4. The zero-order chi connectivity index (χ0) is 59.6. The summed E-state index contributed by atoms with van der Waals surface area (Å²) >= 11 is 10.4. The summed E-state index contributed by atoms with van der Waals surface area (Å²) in [4.78, 5) is 67.9. The summed E-state index contributed by atoms with van der Waals surface area (Å²) < 4.78 is 3.05. The summed E-state index contributed by atoms with van der Waals surface area (Å²) in [5.41, 5.74) is 10.1. The molecule has 3 aliphatic rings. The molecule has 0 bridgehead atoms. The lowest BCUT2D eigenvalue weighted by atomic mass is 9.81. The first-order chi connectivity index (χ1) is 39.9. The number of carbonyl (C=O) groups excluding carboxylic acids is 4. The van der Waals surface area contributed by atoms with E-state index in [2.05, 4.69) is 94.9 Å². The first-order valence-electron chi connectivity index (χ1n) is 28.7. The third kappa shape index (κ3) is 17.5. The molecule has 3 heterocycles. The van der Waals surface area contributed by atoms with Gasteiger partial charge in [0.25, 0.3) is 0 Å². The Bertz CT molecular complexity index is 2920. The molecule has 0 saturated carbocycles. The Morgan fingerprint density at radius 2 is 0.774 bits per heavy atom. The molecule has 6 atom stereocenters. The van der Waals surface area contributed by atoms with Gasteiger partial charge in [-0.3, -0.25) is 9.59 Å². The molecule has 448 valence electrons. The van der Waals surface area contributed by atoms with Crippen LogP contribution >= 0.6 is 47.8 Å². The van der Waals surface area contributed by atoms with Crippen molar-refractivity contribution in [1.82, 2.24) is 36.8 Å². The van der Waals surface area contributed by atoms with Gasteiger partial charge in [0.05, 0.1) is 34.7 Å². The van der Waals surface area contributed by atoms with Crippen LogP contribution in [0.25, 0.3) is 0 Å². The molecule has 15 nitrogen and oxygen atoms in total. The normalized spacial score (nSPS) is 20.8. The number of carboxylic acids is 1. The van der Waals surface area contributed by atoms with Crippen molar-refractivity contribution in [2.24, 2.45) is 5.73 Å². The second kappa shape index (κ2) is 31.5. The van der Waals surface area contributed by atoms with Crippen molar-refractivity contribution in [2.75, 3.05) is 26.2 Å². The van der Waals surface area contributed by atoms with E-state index in [1.807, 2.05) is 168 Å². The maximum atomic E-state index is 13.2. The summed E-state index contributed by atoms with van der Waals surface area (Å²) in [7, 11) is 0. The summed E-state index contributed by atoms with van der Waals surface area (Å²) in [6.45, 7) is 8.28. The lowest BCUT2D eigenvalue weighted by Crippen LogP contribution is -2.49. The standard InChI is InChI=1S/C22H26BrN3O2.C22H25BrN2O3.C22H27BrN2O2.H3N/c1-16(17-8-10-19(23)11-9-17)26-15-5-13-22(25-21(26)28,14-12-20(24)27)18-6-3-2-4-7-18;1-16(17-8-10-19(23)11-9-17)25-15-5-13-22(24-21(25)28,14-12-20(26)27)18-6-3-2-4-7-18;1-17(18-9-11-20(23)12-10-18)25-15-5-13-22(14-6-16-26,24-21(25)27)19-7-3-2-4-8-19;/h2-4,6-11,16H,5,12-15H2,1H3,(H2,24,27)(H,25,28);2-4,6-11,16H,5,12-15H2,1H3,(H,24,28)(H,26,27);2-4,7-12,17,26H,5-6,13-16H2,1H3,(H,24,27);1H3/t2*16-,22-;17-,22-;/m000./s1. The fraction of sp³-hybridized carbons (Fsp3) is 0.379. The highest BCUT2D eigenvalue weighted by molar-refractivity contribution is 9.11. The van der Waals surface area contributed by atoms with E-state index in [9.17, 15) is 34.2 Å². The number of urea groups is 3. The molecule has 0 aromatic heterocycles. The van der Waals surface area contributed by atoms with Crippen molar-refractivity contribution in [3.05, 3.63) is 211 Å². The Morgan fingerprint density at radius 3 is 1.05 bits per heavy atom. The number of rotatable bonds is 18. The van der Waals surface area contributed by atoms with Gasteiger partial charge in [0.2, 0.25) is 5.91 Å². The van der Waals surface area contributed by atoms with Gasteiger partial charge in [-0.15, -0.1) is 0 Å². The van der Waals surface area contributed by atoms with E-state index in [4.69, 9.17) is 5.73 Å². The Kier molecular flexibility index (Phi) is 25.0.